The smallest absolute Gasteiger partial charge is 0.335 e. The number of aromatic carboxylic acids is 1. The van der Waals surface area contributed by atoms with E-state index in [1.54, 1.807) is 23.6 Å². The van der Waals surface area contributed by atoms with Crippen LogP contribution in [0.4, 0.5) is 0 Å². The zero-order chi connectivity index (χ0) is 19.7. The van der Waals surface area contributed by atoms with Gasteiger partial charge in [-0.15, -0.1) is 0 Å². The van der Waals surface area contributed by atoms with Crippen LogP contribution < -0.4 is 5.56 Å². The molecule has 0 aliphatic heterocycles. The van der Waals surface area contributed by atoms with Gasteiger partial charge < -0.3 is 9.67 Å². The number of carbonyl (C=O) groups is 1. The second-order valence-corrected chi connectivity index (χ2v) is 6.82. The van der Waals surface area contributed by atoms with Gasteiger partial charge in [-0.3, -0.25) is 4.79 Å². The molecule has 0 saturated carbocycles. The van der Waals surface area contributed by atoms with Gasteiger partial charge in [-0.25, -0.2) is 4.79 Å². The van der Waals surface area contributed by atoms with Crippen molar-refractivity contribution < 1.29 is 9.90 Å². The van der Waals surface area contributed by atoms with Crippen molar-refractivity contribution in [2.45, 2.75) is 13.5 Å². The third-order valence-electron chi connectivity index (χ3n) is 5.05. The van der Waals surface area contributed by atoms with Crippen LogP contribution in [-0.2, 0) is 6.54 Å². The number of pyridine rings is 1. The Bertz CT molecular complexity index is 1240. The Balaban J connectivity index is 1.77. The van der Waals surface area contributed by atoms with Crippen molar-refractivity contribution in [3.63, 3.8) is 0 Å². The zero-order valence-corrected chi connectivity index (χ0v) is 15.4. The highest BCUT2D eigenvalue weighted by Crippen LogP contribution is 2.28. The molecule has 138 valence electrons. The molecular weight excluding hydrogens is 350 g/mol. The van der Waals surface area contributed by atoms with E-state index in [0.717, 1.165) is 22.1 Å². The topological polar surface area (TPSA) is 59.3 Å². The summed E-state index contributed by atoms with van der Waals surface area (Å²) in [5.41, 5.74) is 3.79. The van der Waals surface area contributed by atoms with E-state index in [1.165, 1.54) is 0 Å². The predicted molar refractivity (Wildman–Crippen MR) is 111 cm³/mol. The molecule has 0 bridgehead atoms. The molecule has 0 atom stereocenters. The summed E-state index contributed by atoms with van der Waals surface area (Å²) >= 11 is 0. The molecular formula is C24H19NO3. The van der Waals surface area contributed by atoms with E-state index in [1.807, 2.05) is 66.9 Å². The van der Waals surface area contributed by atoms with Crippen LogP contribution in [0.1, 0.15) is 21.5 Å². The summed E-state index contributed by atoms with van der Waals surface area (Å²) in [5.74, 6) is -0.941. The molecule has 0 spiro atoms. The number of benzene rings is 3. The van der Waals surface area contributed by atoms with Crippen LogP contribution in [0.3, 0.4) is 0 Å². The lowest BCUT2D eigenvalue weighted by molar-refractivity contribution is 0.0696. The second-order valence-electron chi connectivity index (χ2n) is 6.82. The molecule has 0 unspecified atom stereocenters. The number of fused-ring (bicyclic) bond motifs is 1. The monoisotopic (exact) mass is 369 g/mol. The molecule has 0 aliphatic carbocycles. The molecule has 4 nitrogen and oxygen atoms in total. The average molecular weight is 369 g/mol. The number of nitrogens with zero attached hydrogens (tertiary/aromatic N) is 1. The summed E-state index contributed by atoms with van der Waals surface area (Å²) in [4.78, 5) is 24.3. The molecule has 28 heavy (non-hydrogen) atoms. The molecule has 1 heterocycles. The Labute approximate surface area is 162 Å². The number of carboxylic acid groups (broad SMARTS) is 1. The van der Waals surface area contributed by atoms with Crippen LogP contribution in [-0.4, -0.2) is 15.6 Å². The van der Waals surface area contributed by atoms with Gasteiger partial charge in [0.05, 0.1) is 12.1 Å². The van der Waals surface area contributed by atoms with Crippen molar-refractivity contribution in [3.8, 4) is 11.1 Å². The summed E-state index contributed by atoms with van der Waals surface area (Å²) in [5, 5.41) is 10.8. The third-order valence-corrected chi connectivity index (χ3v) is 5.05. The van der Waals surface area contributed by atoms with Crippen LogP contribution in [0.5, 0.6) is 0 Å². The summed E-state index contributed by atoms with van der Waals surface area (Å²) < 4.78 is 1.70. The molecule has 0 saturated heterocycles. The normalized spacial score (nSPS) is 10.9. The van der Waals surface area contributed by atoms with Crippen molar-refractivity contribution in [2.75, 3.05) is 0 Å². The first-order valence-electron chi connectivity index (χ1n) is 9.05. The zero-order valence-electron chi connectivity index (χ0n) is 15.4. The fourth-order valence-corrected chi connectivity index (χ4v) is 3.54. The first-order chi connectivity index (χ1) is 13.5. The number of rotatable bonds is 4. The highest BCUT2D eigenvalue weighted by molar-refractivity contribution is 5.93. The predicted octanol–water partition coefficient (Wildman–Crippen LogP) is 4.72. The molecule has 0 aliphatic rings. The molecule has 0 fully saturated rings. The molecule has 4 heteroatoms. The van der Waals surface area contributed by atoms with Gasteiger partial charge in [-0.2, -0.15) is 0 Å². The maximum absolute atomic E-state index is 12.9. The quantitative estimate of drug-likeness (QED) is 0.566. The highest BCUT2D eigenvalue weighted by Gasteiger charge is 2.12. The van der Waals surface area contributed by atoms with Crippen LogP contribution in [0.25, 0.3) is 21.9 Å². The maximum Gasteiger partial charge on any atom is 0.335 e. The van der Waals surface area contributed by atoms with Gasteiger partial charge in [0.1, 0.15) is 0 Å². The lowest BCUT2D eigenvalue weighted by Gasteiger charge is -2.11. The van der Waals surface area contributed by atoms with Gasteiger partial charge in [0.2, 0.25) is 0 Å². The van der Waals surface area contributed by atoms with Crippen molar-refractivity contribution in [1.82, 2.24) is 4.57 Å². The standard InChI is InChI=1S/C24H19NO3/c1-16-20(8-5-9-21(16)24(27)28)18-10-11-22-19(14-18)12-13-25(23(22)26)15-17-6-3-2-4-7-17/h2-14H,15H2,1H3,(H,27,28). The Morgan fingerprint density at radius 2 is 1.75 bits per heavy atom. The van der Waals surface area contributed by atoms with Crippen LogP contribution >= 0.6 is 0 Å². The first-order valence-corrected chi connectivity index (χ1v) is 9.05. The van der Waals surface area contributed by atoms with Gasteiger partial charge in [0.25, 0.3) is 5.56 Å². The molecule has 4 aromatic rings. The minimum Gasteiger partial charge on any atom is -0.478 e. The largest absolute Gasteiger partial charge is 0.478 e. The third kappa shape index (κ3) is 3.21. The van der Waals surface area contributed by atoms with E-state index < -0.39 is 5.97 Å². The summed E-state index contributed by atoms with van der Waals surface area (Å²) in [7, 11) is 0. The van der Waals surface area contributed by atoms with Gasteiger partial charge in [-0.1, -0.05) is 48.5 Å². The van der Waals surface area contributed by atoms with Crippen molar-refractivity contribution in [2.24, 2.45) is 0 Å². The molecule has 1 aromatic heterocycles. The Hall–Kier alpha value is -3.66. The lowest BCUT2D eigenvalue weighted by Crippen LogP contribution is -2.19. The van der Waals surface area contributed by atoms with E-state index in [2.05, 4.69) is 0 Å². The van der Waals surface area contributed by atoms with Crippen LogP contribution in [0.2, 0.25) is 0 Å². The summed E-state index contributed by atoms with van der Waals surface area (Å²) in [6.07, 6.45) is 1.81. The summed E-state index contributed by atoms with van der Waals surface area (Å²) in [6, 6.07) is 22.7. The number of hydrogen-bond acceptors (Lipinski definition) is 2. The average Bonchev–Trinajstić information content (AvgIpc) is 2.70. The van der Waals surface area contributed by atoms with Crippen LogP contribution in [0.15, 0.2) is 83.8 Å². The number of hydrogen-bond donors (Lipinski definition) is 1. The van der Waals surface area contributed by atoms with Crippen LogP contribution in [0, 0.1) is 6.92 Å². The minimum absolute atomic E-state index is 0.0380. The Kier molecular flexibility index (Phi) is 4.53. The molecule has 4 rings (SSSR count). The first kappa shape index (κ1) is 17.7. The van der Waals surface area contributed by atoms with Crippen molar-refractivity contribution in [3.05, 3.63) is 106 Å². The van der Waals surface area contributed by atoms with E-state index >= 15 is 0 Å². The van der Waals surface area contributed by atoms with E-state index in [0.29, 0.717) is 17.5 Å². The Morgan fingerprint density at radius 3 is 2.50 bits per heavy atom. The fourth-order valence-electron chi connectivity index (χ4n) is 3.54. The molecule has 1 N–H and O–H groups in total. The molecule has 0 radical (unpaired) electrons. The maximum atomic E-state index is 12.9. The molecule has 3 aromatic carbocycles. The highest BCUT2D eigenvalue weighted by atomic mass is 16.4. The van der Waals surface area contributed by atoms with Gasteiger partial charge in [-0.05, 0) is 58.8 Å². The van der Waals surface area contributed by atoms with Gasteiger partial charge >= 0.3 is 5.97 Å². The second kappa shape index (κ2) is 7.16. The summed E-state index contributed by atoms with van der Waals surface area (Å²) in [6.45, 7) is 2.33. The fraction of sp³-hybridized carbons (Fsp3) is 0.0833. The van der Waals surface area contributed by atoms with Gasteiger partial charge in [0, 0.05) is 11.6 Å². The molecule has 0 amide bonds. The minimum atomic E-state index is -0.941. The lowest BCUT2D eigenvalue weighted by atomic mass is 9.95. The van der Waals surface area contributed by atoms with Gasteiger partial charge in [0.15, 0.2) is 0 Å². The van der Waals surface area contributed by atoms with Crippen molar-refractivity contribution in [1.29, 1.82) is 0 Å². The van der Waals surface area contributed by atoms with Crippen molar-refractivity contribution >= 4 is 16.7 Å². The van der Waals surface area contributed by atoms with E-state index in [9.17, 15) is 14.7 Å². The van der Waals surface area contributed by atoms with E-state index in [-0.39, 0.29) is 11.1 Å². The van der Waals surface area contributed by atoms with E-state index in [4.69, 9.17) is 0 Å². The number of aromatic nitrogens is 1. The number of carboxylic acids is 1. The Morgan fingerprint density at radius 1 is 0.964 bits per heavy atom. The SMILES string of the molecule is Cc1c(C(=O)O)cccc1-c1ccc2c(=O)n(Cc3ccccc3)ccc2c1.